The number of pyridine rings is 1. The number of carbonyl (C=O) groups excluding carboxylic acids is 2. The first-order chi connectivity index (χ1) is 19.2. The first-order valence-electron chi connectivity index (χ1n) is 13.5. The molecule has 9 heteroatoms. The smallest absolute Gasteiger partial charge is 0.256 e. The summed E-state index contributed by atoms with van der Waals surface area (Å²) in [5.41, 5.74) is 4.95. The molecule has 0 radical (unpaired) electrons. The number of carbonyl (C=O) groups is 2. The molecular weight excluding hydrogens is 502 g/mol. The Balaban J connectivity index is 1.60. The highest BCUT2D eigenvalue weighted by molar-refractivity contribution is 6.04. The Labute approximate surface area is 235 Å². The van der Waals surface area contributed by atoms with Crippen molar-refractivity contribution in [1.82, 2.24) is 29.2 Å². The lowest BCUT2D eigenvalue weighted by Gasteiger charge is -2.23. The van der Waals surface area contributed by atoms with Gasteiger partial charge in [0.05, 0.1) is 22.9 Å². The fourth-order valence-corrected chi connectivity index (χ4v) is 4.52. The average Bonchev–Trinajstić information content (AvgIpc) is 3.33. The van der Waals surface area contributed by atoms with Crippen LogP contribution >= 0.6 is 0 Å². The molecule has 4 rings (SSSR count). The summed E-state index contributed by atoms with van der Waals surface area (Å²) in [5.74, 6) is 0.948. The van der Waals surface area contributed by atoms with Crippen molar-refractivity contribution < 1.29 is 9.59 Å². The van der Waals surface area contributed by atoms with Crippen molar-refractivity contribution in [3.05, 3.63) is 89.8 Å². The molecule has 0 aliphatic heterocycles. The molecule has 0 aliphatic carbocycles. The molecule has 0 saturated carbocycles. The minimum Gasteiger partial charge on any atom is -0.332 e. The fraction of sp³-hybridized carbons (Fsp3) is 0.323. The molecule has 1 N–H and O–H groups in total. The zero-order valence-corrected chi connectivity index (χ0v) is 24.0. The highest BCUT2D eigenvalue weighted by Crippen LogP contribution is 2.30. The van der Waals surface area contributed by atoms with Crippen LogP contribution in [-0.4, -0.2) is 68.7 Å². The zero-order valence-electron chi connectivity index (χ0n) is 24.0. The van der Waals surface area contributed by atoms with Gasteiger partial charge in [0, 0.05) is 49.4 Å². The molecule has 0 saturated heterocycles. The number of amides is 2. The molecule has 0 bridgehead atoms. The lowest BCUT2D eigenvalue weighted by Crippen LogP contribution is -2.29. The molecule has 0 fully saturated rings. The Bertz CT molecular complexity index is 1520. The van der Waals surface area contributed by atoms with Crippen LogP contribution in [0.25, 0.3) is 16.8 Å². The van der Waals surface area contributed by atoms with E-state index in [2.05, 4.69) is 22.2 Å². The standard InChI is InChI=1S/C31H37N7O2/c1-7-9-23-15-16-33-26(20-23)34-31(40)25-13-11-24(12-14-25)28-29-21(2)32-17-19-38(29)30(35-28)22(3)37(6)27(39)10-8-18-36(4)5/h8,10-17,19-20,22H,7,9,18H2,1-6H3,(H,33,34,40). The molecular formula is C31H37N7O2. The normalized spacial score (nSPS) is 12.3. The van der Waals surface area contributed by atoms with E-state index in [1.165, 1.54) is 0 Å². The van der Waals surface area contributed by atoms with Crippen molar-refractivity contribution in [2.24, 2.45) is 0 Å². The van der Waals surface area contributed by atoms with Crippen molar-refractivity contribution in [2.45, 2.75) is 39.7 Å². The second kappa shape index (κ2) is 12.7. The SMILES string of the molecule is CCCc1ccnc(NC(=O)c2ccc(-c3nc(C(C)N(C)C(=O)C=CCN(C)C)n4ccnc(C)c34)cc2)c1. The third-order valence-corrected chi connectivity index (χ3v) is 6.82. The van der Waals surface area contributed by atoms with Gasteiger partial charge in [0.25, 0.3) is 5.91 Å². The number of nitrogens with zero attached hydrogens (tertiary/aromatic N) is 6. The summed E-state index contributed by atoms with van der Waals surface area (Å²) < 4.78 is 1.99. The van der Waals surface area contributed by atoms with E-state index < -0.39 is 0 Å². The lowest BCUT2D eigenvalue weighted by molar-refractivity contribution is -0.126. The van der Waals surface area contributed by atoms with Gasteiger partial charge in [-0.1, -0.05) is 31.6 Å². The van der Waals surface area contributed by atoms with E-state index in [0.717, 1.165) is 46.7 Å². The van der Waals surface area contributed by atoms with Gasteiger partial charge in [0.2, 0.25) is 5.91 Å². The summed E-state index contributed by atoms with van der Waals surface area (Å²) in [5, 5.41) is 2.89. The Kier molecular flexibility index (Phi) is 9.06. The maximum Gasteiger partial charge on any atom is 0.256 e. The number of rotatable bonds is 10. The average molecular weight is 540 g/mol. The van der Waals surface area contributed by atoms with Crippen molar-refractivity contribution in [2.75, 3.05) is 33.0 Å². The van der Waals surface area contributed by atoms with E-state index in [1.807, 2.05) is 73.8 Å². The number of likely N-dealkylation sites (N-methyl/N-ethyl adjacent to an activating group) is 2. The van der Waals surface area contributed by atoms with Crippen molar-refractivity contribution >= 4 is 23.1 Å². The van der Waals surface area contributed by atoms with Gasteiger partial charge in [0.1, 0.15) is 11.6 Å². The van der Waals surface area contributed by atoms with Gasteiger partial charge < -0.3 is 15.1 Å². The van der Waals surface area contributed by atoms with E-state index in [4.69, 9.17) is 4.98 Å². The van der Waals surface area contributed by atoms with Gasteiger partial charge in [-0.05, 0) is 64.2 Å². The van der Waals surface area contributed by atoms with E-state index in [9.17, 15) is 9.59 Å². The molecule has 1 unspecified atom stereocenters. The third-order valence-electron chi connectivity index (χ3n) is 6.82. The van der Waals surface area contributed by atoms with Crippen molar-refractivity contribution in [1.29, 1.82) is 0 Å². The maximum atomic E-state index is 12.9. The molecule has 3 aromatic heterocycles. The van der Waals surface area contributed by atoms with Gasteiger partial charge in [-0.2, -0.15) is 0 Å². The third kappa shape index (κ3) is 6.43. The van der Waals surface area contributed by atoms with E-state index in [1.54, 1.807) is 42.6 Å². The van der Waals surface area contributed by atoms with Crippen LogP contribution in [0.1, 0.15) is 53.7 Å². The molecule has 2 amide bonds. The Morgan fingerprint density at radius 1 is 1.07 bits per heavy atom. The van der Waals surface area contributed by atoms with Gasteiger partial charge >= 0.3 is 0 Å². The topological polar surface area (TPSA) is 95.7 Å². The molecule has 0 spiro atoms. The highest BCUT2D eigenvalue weighted by atomic mass is 16.2. The molecule has 0 aliphatic rings. The largest absolute Gasteiger partial charge is 0.332 e. The molecule has 40 heavy (non-hydrogen) atoms. The van der Waals surface area contributed by atoms with Crippen LogP contribution < -0.4 is 5.32 Å². The summed E-state index contributed by atoms with van der Waals surface area (Å²) in [6.07, 6.45) is 10.7. The lowest BCUT2D eigenvalue weighted by atomic mass is 10.1. The van der Waals surface area contributed by atoms with Crippen LogP contribution in [0.3, 0.4) is 0 Å². The van der Waals surface area contributed by atoms with Gasteiger partial charge in [-0.15, -0.1) is 0 Å². The molecule has 1 atom stereocenters. The number of aromatic nitrogens is 4. The molecule has 3 heterocycles. The molecule has 208 valence electrons. The van der Waals surface area contributed by atoms with Crippen LogP contribution in [0.4, 0.5) is 5.82 Å². The van der Waals surface area contributed by atoms with Crippen molar-refractivity contribution in [3.8, 4) is 11.3 Å². The summed E-state index contributed by atoms with van der Waals surface area (Å²) in [6.45, 7) is 6.71. The second-order valence-electron chi connectivity index (χ2n) is 10.2. The van der Waals surface area contributed by atoms with Crippen molar-refractivity contribution in [3.63, 3.8) is 0 Å². The van der Waals surface area contributed by atoms with Crippen LogP contribution in [0.2, 0.25) is 0 Å². The first-order valence-corrected chi connectivity index (χ1v) is 13.5. The summed E-state index contributed by atoms with van der Waals surface area (Å²) in [7, 11) is 5.69. The van der Waals surface area contributed by atoms with E-state index >= 15 is 0 Å². The number of benzene rings is 1. The zero-order chi connectivity index (χ0) is 28.8. The number of hydrogen-bond acceptors (Lipinski definition) is 6. The predicted molar refractivity (Wildman–Crippen MR) is 158 cm³/mol. The number of imidazole rings is 1. The summed E-state index contributed by atoms with van der Waals surface area (Å²) in [4.78, 5) is 43.2. The molecule has 9 nitrogen and oxygen atoms in total. The maximum absolute atomic E-state index is 12.9. The second-order valence-corrected chi connectivity index (χ2v) is 10.2. The fourth-order valence-electron chi connectivity index (χ4n) is 4.52. The summed E-state index contributed by atoms with van der Waals surface area (Å²) >= 11 is 0. The number of hydrogen-bond donors (Lipinski definition) is 1. The minimum absolute atomic E-state index is 0.0940. The van der Waals surface area contributed by atoms with Crippen LogP contribution in [0, 0.1) is 6.92 Å². The molecule has 4 aromatic rings. The number of nitrogens with one attached hydrogen (secondary N) is 1. The van der Waals surface area contributed by atoms with E-state index in [-0.39, 0.29) is 17.9 Å². The monoisotopic (exact) mass is 539 g/mol. The minimum atomic E-state index is -0.291. The molecule has 1 aromatic carbocycles. The highest BCUT2D eigenvalue weighted by Gasteiger charge is 2.24. The number of anilines is 1. The van der Waals surface area contributed by atoms with Gasteiger partial charge in [-0.3, -0.25) is 19.0 Å². The first kappa shape index (κ1) is 28.6. The van der Waals surface area contributed by atoms with Crippen LogP contribution in [0.15, 0.2) is 67.1 Å². The quantitative estimate of drug-likeness (QED) is 0.287. The van der Waals surface area contributed by atoms with E-state index in [0.29, 0.717) is 17.9 Å². The van der Waals surface area contributed by atoms with Crippen LogP contribution in [-0.2, 0) is 11.2 Å². The number of fused-ring (bicyclic) bond motifs is 1. The Hall–Kier alpha value is -4.37. The Morgan fingerprint density at radius 3 is 2.52 bits per heavy atom. The number of aryl methyl sites for hydroxylation is 2. The summed E-state index contributed by atoms with van der Waals surface area (Å²) in [6, 6.07) is 10.9. The van der Waals surface area contributed by atoms with Crippen LogP contribution in [0.5, 0.6) is 0 Å². The predicted octanol–water partition coefficient (Wildman–Crippen LogP) is 4.94. The van der Waals surface area contributed by atoms with Gasteiger partial charge in [0.15, 0.2) is 0 Å². The Morgan fingerprint density at radius 2 is 1.82 bits per heavy atom. The van der Waals surface area contributed by atoms with Gasteiger partial charge in [-0.25, -0.2) is 9.97 Å².